The number of alkyl halides is 1. The van der Waals surface area contributed by atoms with E-state index in [0.29, 0.717) is 41.9 Å². The summed E-state index contributed by atoms with van der Waals surface area (Å²) in [5.41, 5.74) is 6.02. The van der Waals surface area contributed by atoms with Gasteiger partial charge in [0.2, 0.25) is 0 Å². The van der Waals surface area contributed by atoms with Gasteiger partial charge in [0.15, 0.2) is 11.2 Å². The molecule has 0 atom stereocenters. The highest BCUT2D eigenvalue weighted by atomic mass is 79.9. The van der Waals surface area contributed by atoms with Gasteiger partial charge in [-0.3, -0.25) is 27.9 Å². The smallest absolute Gasteiger partial charge is 0.318 e. The SMILES string of the molecule is BrCc1cccc(Br)c1.Cn1c(=O)c2c(nc(CCc3ccccc3)n2Cc2cccc(Br)c2)n(C)c1=O.Cn1c2c(c(=O)n(C)c1=O)CC(CCc1ccccc1)=N2. The number of nitrogens with zero attached hydrogens (tertiary/aromatic N) is 7. The summed E-state index contributed by atoms with van der Waals surface area (Å²) >= 11 is 10.3. The summed E-state index contributed by atoms with van der Waals surface area (Å²) in [4.78, 5) is 58.5. The third kappa shape index (κ3) is 10.3. The second-order valence-corrected chi connectivity index (χ2v) is 16.6. The Hall–Kier alpha value is -5.18. The van der Waals surface area contributed by atoms with Crippen LogP contribution in [-0.4, -0.2) is 33.5 Å². The predicted molar refractivity (Wildman–Crippen MR) is 247 cm³/mol. The molecule has 0 saturated heterocycles. The van der Waals surface area contributed by atoms with Gasteiger partial charge in [-0.25, -0.2) is 19.6 Å². The number of aliphatic imine (C=N–C) groups is 1. The van der Waals surface area contributed by atoms with Crippen molar-refractivity contribution in [2.45, 2.75) is 44.0 Å². The monoisotopic (exact) mass is 983 g/mol. The van der Waals surface area contributed by atoms with Gasteiger partial charge in [0.1, 0.15) is 11.6 Å². The van der Waals surface area contributed by atoms with Crippen LogP contribution in [0.2, 0.25) is 0 Å². The summed E-state index contributed by atoms with van der Waals surface area (Å²) in [7, 11) is 6.32. The summed E-state index contributed by atoms with van der Waals surface area (Å²) in [6.07, 6.45) is 3.71. The highest BCUT2D eigenvalue weighted by molar-refractivity contribution is 9.10. The maximum absolute atomic E-state index is 12.9. The zero-order valence-corrected chi connectivity index (χ0v) is 38.0. The Balaban J connectivity index is 0.000000169. The fraction of sp³-hybridized carbons (Fsp3) is 0.244. The molecule has 0 bridgehead atoms. The Morgan fingerprint density at radius 1 is 0.576 bits per heavy atom. The maximum Gasteiger partial charge on any atom is 0.332 e. The molecular weight excluding hydrogens is 942 g/mol. The van der Waals surface area contributed by atoms with E-state index in [1.807, 2.05) is 77.4 Å². The van der Waals surface area contributed by atoms with E-state index < -0.39 is 0 Å². The first-order valence-electron chi connectivity index (χ1n) is 19.0. The van der Waals surface area contributed by atoms with Crippen molar-refractivity contribution in [3.05, 3.63) is 193 Å². The summed E-state index contributed by atoms with van der Waals surface area (Å²) in [5, 5.41) is 0.923. The van der Waals surface area contributed by atoms with Crippen LogP contribution in [0.5, 0.6) is 0 Å². The molecule has 304 valence electrons. The topological polar surface area (TPSA) is 118 Å². The molecule has 0 spiro atoms. The molecule has 3 aromatic heterocycles. The highest BCUT2D eigenvalue weighted by Gasteiger charge is 2.23. The number of rotatable bonds is 9. The normalized spacial score (nSPS) is 11.7. The molecule has 0 saturated carbocycles. The molecule has 0 N–H and O–H groups in total. The third-order valence-corrected chi connectivity index (χ3v) is 11.7. The van der Waals surface area contributed by atoms with E-state index in [-0.39, 0.29) is 22.5 Å². The molecule has 59 heavy (non-hydrogen) atoms. The van der Waals surface area contributed by atoms with Crippen LogP contribution in [-0.2, 0) is 65.7 Å². The number of benzene rings is 4. The minimum absolute atomic E-state index is 0.230. The molecular formula is C45H44Br3N7O4. The van der Waals surface area contributed by atoms with E-state index in [1.54, 1.807) is 14.1 Å². The Kier molecular flexibility index (Phi) is 14.5. The average molecular weight is 987 g/mol. The predicted octanol–water partition coefficient (Wildman–Crippen LogP) is 7.72. The standard InChI is InChI=1S/C22H21BrN4O2.C16H17N3O2.C7H6Br2/c1-25-20-19(21(28)26(2)22(25)29)27(14-16-9-6-10-17(23)13-16)18(24-20)12-11-15-7-4-3-5-8-15;1-18-14-13(15(20)19(2)16(18)21)10-12(17-14)9-8-11-6-4-3-5-7-11;8-5-6-2-1-3-7(9)4-6/h3-10,13H,11-12,14H2,1-2H3;3-7H,8-10H2,1-2H3;1-4H,5H2. The quantitative estimate of drug-likeness (QED) is 0.137. The Morgan fingerprint density at radius 3 is 1.68 bits per heavy atom. The van der Waals surface area contributed by atoms with Gasteiger partial charge in [0.05, 0.1) is 5.56 Å². The van der Waals surface area contributed by atoms with E-state index in [0.717, 1.165) is 59.8 Å². The molecule has 0 fully saturated rings. The molecule has 4 aromatic carbocycles. The highest BCUT2D eigenvalue weighted by Crippen LogP contribution is 2.24. The lowest BCUT2D eigenvalue weighted by Gasteiger charge is -2.10. The summed E-state index contributed by atoms with van der Waals surface area (Å²) in [6.45, 7) is 0.507. The molecule has 1 aliphatic rings. The van der Waals surface area contributed by atoms with Gasteiger partial charge in [0.25, 0.3) is 11.1 Å². The molecule has 4 heterocycles. The number of fused-ring (bicyclic) bond motifs is 2. The first-order valence-corrected chi connectivity index (χ1v) is 21.7. The van der Waals surface area contributed by atoms with E-state index in [9.17, 15) is 19.2 Å². The van der Waals surface area contributed by atoms with E-state index in [2.05, 4.69) is 89.2 Å². The lowest BCUT2D eigenvalue weighted by molar-refractivity contribution is 0.682. The van der Waals surface area contributed by atoms with Gasteiger partial charge >= 0.3 is 11.4 Å². The van der Waals surface area contributed by atoms with Gasteiger partial charge in [-0.15, -0.1) is 0 Å². The van der Waals surface area contributed by atoms with Gasteiger partial charge in [-0.2, -0.15) is 0 Å². The molecule has 7 aromatic rings. The van der Waals surface area contributed by atoms with Crippen molar-refractivity contribution in [2.75, 3.05) is 0 Å². The first-order chi connectivity index (χ1) is 28.4. The van der Waals surface area contributed by atoms with Crippen LogP contribution < -0.4 is 22.5 Å². The van der Waals surface area contributed by atoms with Crippen LogP contribution in [0.3, 0.4) is 0 Å². The molecule has 11 nitrogen and oxygen atoms in total. The largest absolute Gasteiger partial charge is 0.332 e. The van der Waals surface area contributed by atoms with Crippen molar-refractivity contribution < 1.29 is 0 Å². The van der Waals surface area contributed by atoms with Crippen LogP contribution in [0.4, 0.5) is 5.82 Å². The Morgan fingerprint density at radius 2 is 1.10 bits per heavy atom. The summed E-state index contributed by atoms with van der Waals surface area (Å²) < 4.78 is 9.25. The second-order valence-electron chi connectivity index (χ2n) is 14.2. The average Bonchev–Trinajstić information content (AvgIpc) is 3.85. The van der Waals surface area contributed by atoms with Crippen molar-refractivity contribution in [3.8, 4) is 0 Å². The van der Waals surface area contributed by atoms with Gasteiger partial charge in [-0.1, -0.05) is 133 Å². The first kappa shape index (κ1) is 43.4. The van der Waals surface area contributed by atoms with Crippen LogP contribution in [0.15, 0.2) is 142 Å². The number of aryl methyl sites for hydroxylation is 4. The molecule has 14 heteroatoms. The van der Waals surface area contributed by atoms with Gasteiger partial charge < -0.3 is 4.57 Å². The zero-order chi connectivity index (χ0) is 42.2. The lowest BCUT2D eigenvalue weighted by Crippen LogP contribution is -2.38. The lowest BCUT2D eigenvalue weighted by atomic mass is 10.0. The second kappa shape index (κ2) is 19.7. The number of hydrogen-bond acceptors (Lipinski definition) is 6. The van der Waals surface area contributed by atoms with Crippen molar-refractivity contribution in [3.63, 3.8) is 0 Å². The van der Waals surface area contributed by atoms with E-state index >= 15 is 0 Å². The number of aromatic nitrogens is 6. The zero-order valence-electron chi connectivity index (χ0n) is 33.2. The van der Waals surface area contributed by atoms with E-state index in [1.165, 1.54) is 39.9 Å². The molecule has 0 aliphatic carbocycles. The Bertz CT molecular complexity index is 2880. The number of hydrogen-bond donors (Lipinski definition) is 0. The maximum atomic E-state index is 12.9. The molecule has 0 unspecified atom stereocenters. The minimum atomic E-state index is -0.371. The Labute approximate surface area is 366 Å². The van der Waals surface area contributed by atoms with E-state index in [4.69, 9.17) is 4.98 Å². The number of imidazole rings is 1. The van der Waals surface area contributed by atoms with Crippen molar-refractivity contribution in [2.24, 2.45) is 33.2 Å². The van der Waals surface area contributed by atoms with Crippen LogP contribution >= 0.6 is 47.8 Å². The number of halogens is 3. The molecule has 1 aliphatic heterocycles. The van der Waals surface area contributed by atoms with Gasteiger partial charge in [0, 0.05) is 67.6 Å². The van der Waals surface area contributed by atoms with Gasteiger partial charge in [-0.05, 0) is 65.8 Å². The molecule has 0 amide bonds. The third-order valence-electron chi connectivity index (χ3n) is 10.1. The van der Waals surface area contributed by atoms with Crippen LogP contribution in [0, 0.1) is 0 Å². The van der Waals surface area contributed by atoms with Crippen LogP contribution in [0.25, 0.3) is 11.2 Å². The minimum Gasteiger partial charge on any atom is -0.318 e. The molecule has 0 radical (unpaired) electrons. The van der Waals surface area contributed by atoms with Crippen molar-refractivity contribution in [1.82, 2.24) is 27.8 Å². The fourth-order valence-electron chi connectivity index (χ4n) is 6.86. The van der Waals surface area contributed by atoms with Crippen molar-refractivity contribution >= 4 is 70.5 Å². The van der Waals surface area contributed by atoms with Crippen LogP contribution in [0.1, 0.15) is 40.1 Å². The van der Waals surface area contributed by atoms with Crippen molar-refractivity contribution in [1.29, 1.82) is 0 Å². The summed E-state index contributed by atoms with van der Waals surface area (Å²) in [5.74, 6) is 1.31. The summed E-state index contributed by atoms with van der Waals surface area (Å²) in [6, 6.07) is 36.6. The fourth-order valence-corrected chi connectivity index (χ4v) is 8.10. The molecule has 8 rings (SSSR count).